The summed E-state index contributed by atoms with van der Waals surface area (Å²) in [7, 11) is 3.24. The molecule has 0 aliphatic carbocycles. The van der Waals surface area contributed by atoms with E-state index in [9.17, 15) is 14.2 Å². The van der Waals surface area contributed by atoms with Crippen LogP contribution in [0.15, 0.2) is 126 Å². The summed E-state index contributed by atoms with van der Waals surface area (Å²) in [5.74, 6) is 2.99. The SMILES string of the molecule is COc1ccc(C(OC[C@H]2O[C@@H](n3ccc(NC(=O)c4ccccc4)nc3=O)C[C@@H]2O[P@@](C)(=O)[Se]C)(c2ccccc2)c2ccc(OC)cc2)cc1. The monoisotopic (exact) mass is 789 g/mol. The Labute approximate surface area is 308 Å². The summed E-state index contributed by atoms with van der Waals surface area (Å²) >= 11 is -0.284. The second-order valence-corrected chi connectivity index (χ2v) is 20.7. The number of benzene rings is 4. The molecule has 6 rings (SSSR count). The molecule has 4 aromatic carbocycles. The number of aromatic nitrogens is 2. The van der Waals surface area contributed by atoms with Gasteiger partial charge in [0, 0.05) is 0 Å². The van der Waals surface area contributed by atoms with Gasteiger partial charge in [0.1, 0.15) is 0 Å². The van der Waals surface area contributed by atoms with Crippen LogP contribution in [-0.4, -0.2) is 69.7 Å². The van der Waals surface area contributed by atoms with E-state index in [4.69, 9.17) is 23.5 Å². The number of nitrogens with zero attached hydrogens (tertiary/aromatic N) is 2. The molecule has 1 aliphatic heterocycles. The molecule has 52 heavy (non-hydrogen) atoms. The van der Waals surface area contributed by atoms with Crippen molar-refractivity contribution >= 4 is 32.3 Å². The van der Waals surface area contributed by atoms with Gasteiger partial charge in [0.05, 0.1) is 14.2 Å². The van der Waals surface area contributed by atoms with Crippen LogP contribution in [0.5, 0.6) is 11.5 Å². The number of anilines is 1. The van der Waals surface area contributed by atoms with Gasteiger partial charge in [-0.1, -0.05) is 18.2 Å². The predicted octanol–water partition coefficient (Wildman–Crippen LogP) is 6.77. The Morgan fingerprint density at radius 1 is 0.885 bits per heavy atom. The van der Waals surface area contributed by atoms with Gasteiger partial charge in [-0.3, -0.25) is 0 Å². The van der Waals surface area contributed by atoms with Gasteiger partial charge in [0.15, 0.2) is 0 Å². The molecule has 4 atom stereocenters. The number of methoxy groups -OCH3 is 2. The maximum absolute atomic E-state index is 13.4. The molecule has 1 aromatic heterocycles. The van der Waals surface area contributed by atoms with Gasteiger partial charge in [0.25, 0.3) is 0 Å². The quantitative estimate of drug-likeness (QED) is 0.0737. The molecule has 0 unspecified atom stereocenters. The Kier molecular flexibility index (Phi) is 11.8. The van der Waals surface area contributed by atoms with Crippen molar-refractivity contribution in [1.82, 2.24) is 9.55 Å². The molecule has 13 heteroatoms. The van der Waals surface area contributed by atoms with Crippen molar-refractivity contribution in [2.24, 2.45) is 0 Å². The van der Waals surface area contributed by atoms with Crippen LogP contribution in [-0.2, 0) is 24.2 Å². The van der Waals surface area contributed by atoms with E-state index < -0.39 is 35.8 Å². The first kappa shape index (κ1) is 37.2. The van der Waals surface area contributed by atoms with Crippen LogP contribution in [0.4, 0.5) is 5.82 Å². The summed E-state index contributed by atoms with van der Waals surface area (Å²) in [6.07, 6.45) is -0.423. The maximum atomic E-state index is 13.4. The van der Waals surface area contributed by atoms with Gasteiger partial charge in [-0.05, 0) is 12.1 Å². The van der Waals surface area contributed by atoms with Gasteiger partial charge in [0.2, 0.25) is 0 Å². The normalized spacial score (nSPS) is 18.3. The van der Waals surface area contributed by atoms with E-state index in [0.29, 0.717) is 17.1 Å². The summed E-state index contributed by atoms with van der Waals surface area (Å²) in [5.41, 5.74) is 1.22. The Hall–Kier alpha value is -4.54. The molecule has 0 radical (unpaired) electrons. The van der Waals surface area contributed by atoms with Crippen molar-refractivity contribution in [1.29, 1.82) is 0 Å². The number of carbonyl (C=O) groups excluding carboxylic acids is 1. The number of amides is 1. The Balaban J connectivity index is 1.34. The van der Waals surface area contributed by atoms with Crippen molar-refractivity contribution in [3.8, 4) is 11.5 Å². The summed E-state index contributed by atoms with van der Waals surface area (Å²) in [4.78, 5) is 30.1. The van der Waals surface area contributed by atoms with Crippen LogP contribution in [0.1, 0.15) is 39.7 Å². The third kappa shape index (κ3) is 8.23. The molecule has 11 nitrogen and oxygen atoms in total. The summed E-state index contributed by atoms with van der Waals surface area (Å²) in [6, 6.07) is 32.5. The zero-order valence-electron chi connectivity index (χ0n) is 29.2. The first-order chi connectivity index (χ1) is 25.2. The number of rotatable bonds is 14. The Bertz CT molecular complexity index is 2020. The molecule has 0 spiro atoms. The zero-order chi connectivity index (χ0) is 36.7. The van der Waals surface area contributed by atoms with Crippen LogP contribution < -0.4 is 20.5 Å². The molecule has 0 bridgehead atoms. The summed E-state index contributed by atoms with van der Waals surface area (Å²) in [6.45, 7) is 1.64. The predicted molar refractivity (Wildman–Crippen MR) is 200 cm³/mol. The average Bonchev–Trinajstić information content (AvgIpc) is 3.57. The van der Waals surface area contributed by atoms with Crippen molar-refractivity contribution in [3.63, 3.8) is 0 Å². The number of nitrogens with one attached hydrogen (secondary N) is 1. The van der Waals surface area contributed by atoms with Crippen LogP contribution >= 0.6 is 6.06 Å². The molecule has 1 saturated heterocycles. The van der Waals surface area contributed by atoms with Crippen LogP contribution in [0.25, 0.3) is 0 Å². The Morgan fingerprint density at radius 3 is 1.98 bits per heavy atom. The topological polar surface area (TPSA) is 127 Å². The van der Waals surface area contributed by atoms with Gasteiger partial charge in [-0.15, -0.1) is 0 Å². The van der Waals surface area contributed by atoms with Crippen molar-refractivity contribution in [3.05, 3.63) is 154 Å². The number of hydrogen-bond donors (Lipinski definition) is 1. The first-order valence-electron chi connectivity index (χ1n) is 16.6. The molecule has 1 aliphatic rings. The van der Waals surface area contributed by atoms with Crippen molar-refractivity contribution in [2.45, 2.75) is 36.3 Å². The second-order valence-electron chi connectivity index (χ2n) is 12.1. The van der Waals surface area contributed by atoms with E-state index in [0.717, 1.165) is 16.7 Å². The van der Waals surface area contributed by atoms with Crippen molar-refractivity contribution in [2.75, 3.05) is 32.8 Å². The fourth-order valence-electron chi connectivity index (χ4n) is 6.18. The van der Waals surface area contributed by atoms with E-state index >= 15 is 0 Å². The number of ether oxygens (including phenoxy) is 4. The van der Waals surface area contributed by atoms with Gasteiger partial charge >= 0.3 is 265 Å². The zero-order valence-corrected chi connectivity index (χ0v) is 31.8. The van der Waals surface area contributed by atoms with E-state index in [1.54, 1.807) is 51.2 Å². The van der Waals surface area contributed by atoms with Crippen molar-refractivity contribution < 1.29 is 32.8 Å². The number of carbonyl (C=O) groups is 1. The van der Waals surface area contributed by atoms with E-state index in [2.05, 4.69) is 10.3 Å². The minimum absolute atomic E-state index is 0.0121. The average molecular weight is 789 g/mol. The minimum atomic E-state index is -2.95. The number of hydrogen-bond acceptors (Lipinski definition) is 9. The summed E-state index contributed by atoms with van der Waals surface area (Å²) in [5, 5.41) is 2.67. The molecule has 1 amide bonds. The fourth-order valence-corrected chi connectivity index (χ4v) is 8.22. The van der Waals surface area contributed by atoms with E-state index in [1.807, 2.05) is 90.8 Å². The van der Waals surface area contributed by atoms with E-state index in [-0.39, 0.29) is 39.3 Å². The molecular weight excluding hydrogens is 748 g/mol. The molecule has 270 valence electrons. The first-order valence-corrected chi connectivity index (χ1v) is 22.6. The fraction of sp³-hybridized carbons (Fsp3) is 0.256. The summed E-state index contributed by atoms with van der Waals surface area (Å²) < 4.78 is 45.6. The molecular formula is C39H40N3O8PSe. The van der Waals surface area contributed by atoms with Gasteiger partial charge in [-0.25, -0.2) is 0 Å². The molecule has 1 N–H and O–H groups in total. The second kappa shape index (κ2) is 16.4. The van der Waals surface area contributed by atoms with Crippen LogP contribution in [0.3, 0.4) is 0 Å². The molecule has 2 heterocycles. The Morgan fingerprint density at radius 2 is 1.44 bits per heavy atom. The molecule has 1 fully saturated rings. The van der Waals surface area contributed by atoms with Crippen LogP contribution in [0, 0.1) is 0 Å². The molecule has 0 saturated carbocycles. The third-order valence-electron chi connectivity index (χ3n) is 8.89. The standard InChI is InChI=1S/C39H40N3O8PSe/c1-46-31-19-15-29(16-20-31)39(28-13-9-6-10-14-28,30-17-21-32(47-2)22-18-30)48-26-34-33(50-51(3,45)52-4)25-36(49-34)42-24-23-35(41-38(42)44)40-37(43)27-11-7-5-8-12-27/h5-24,33-34,36H,25-26H2,1-4H3,(H,40,41,43,44)/t33-,34+,36+,51+/m0/s1. The van der Waals surface area contributed by atoms with Gasteiger partial charge < -0.3 is 0 Å². The van der Waals surface area contributed by atoms with Crippen LogP contribution in [0.2, 0.25) is 5.82 Å². The molecule has 5 aromatic rings. The van der Waals surface area contributed by atoms with E-state index in [1.165, 1.54) is 10.8 Å². The third-order valence-corrected chi connectivity index (χ3v) is 14.9. The van der Waals surface area contributed by atoms with Gasteiger partial charge in [-0.2, -0.15) is 0 Å².